The van der Waals surface area contributed by atoms with Gasteiger partial charge in [-0.2, -0.15) is 4.31 Å². The molecule has 33 heavy (non-hydrogen) atoms. The van der Waals surface area contributed by atoms with Gasteiger partial charge in [0.15, 0.2) is 6.10 Å². The molecule has 0 spiro atoms. The summed E-state index contributed by atoms with van der Waals surface area (Å²) in [6.07, 6.45) is -0.348. The molecule has 1 heterocycles. The number of rotatable bonds is 7. The number of aryl methyl sites for hydroxylation is 1. The number of sulfonamides is 1. The van der Waals surface area contributed by atoms with Crippen molar-refractivity contribution in [2.75, 3.05) is 20.1 Å². The number of amides is 1. The molecule has 1 atom stereocenters. The number of piperidine rings is 1. The van der Waals surface area contributed by atoms with Gasteiger partial charge >= 0.3 is 5.97 Å². The number of hydrogen-bond donors (Lipinski definition) is 0. The monoisotopic (exact) mass is 476 g/mol. The van der Waals surface area contributed by atoms with Crippen LogP contribution < -0.4 is 0 Å². The van der Waals surface area contributed by atoms with Gasteiger partial charge < -0.3 is 9.64 Å². The van der Waals surface area contributed by atoms with Crippen molar-refractivity contribution in [3.8, 4) is 0 Å². The van der Waals surface area contributed by atoms with Crippen LogP contribution in [0.5, 0.6) is 0 Å². The first-order valence-electron chi connectivity index (χ1n) is 10.8. The zero-order valence-electron chi connectivity index (χ0n) is 19.0. The minimum atomic E-state index is -3.61. The van der Waals surface area contributed by atoms with Gasteiger partial charge in [0, 0.05) is 26.7 Å². The molecule has 0 saturated carbocycles. The highest BCUT2D eigenvalue weighted by atomic mass is 32.2. The molecule has 0 bridgehead atoms. The summed E-state index contributed by atoms with van der Waals surface area (Å²) in [6.45, 7) is 3.99. The highest BCUT2D eigenvalue weighted by molar-refractivity contribution is 7.89. The molecule has 9 heteroatoms. The minimum absolute atomic E-state index is 0.188. The summed E-state index contributed by atoms with van der Waals surface area (Å²) in [5.74, 6) is -1.77. The lowest BCUT2D eigenvalue weighted by Crippen LogP contribution is -2.42. The second kappa shape index (κ2) is 10.4. The van der Waals surface area contributed by atoms with Gasteiger partial charge in [0.2, 0.25) is 10.0 Å². The molecule has 1 amide bonds. The molecule has 2 aromatic carbocycles. The zero-order chi connectivity index (χ0) is 24.2. The van der Waals surface area contributed by atoms with E-state index >= 15 is 0 Å². The number of likely N-dealkylation sites (N-methyl/N-ethyl adjacent to an activating group) is 1. The van der Waals surface area contributed by atoms with Gasteiger partial charge in [-0.05, 0) is 56.5 Å². The summed E-state index contributed by atoms with van der Waals surface area (Å²) < 4.78 is 45.8. The Bertz CT molecular complexity index is 1100. The number of halogens is 1. The Morgan fingerprint density at radius 1 is 1.15 bits per heavy atom. The van der Waals surface area contributed by atoms with Crippen molar-refractivity contribution in [3.63, 3.8) is 0 Å². The molecule has 1 fully saturated rings. The quantitative estimate of drug-likeness (QED) is 0.574. The summed E-state index contributed by atoms with van der Waals surface area (Å²) >= 11 is 0. The number of carbonyl (C=O) groups excluding carboxylic acids is 2. The van der Waals surface area contributed by atoms with E-state index in [9.17, 15) is 22.4 Å². The lowest BCUT2D eigenvalue weighted by molar-refractivity contribution is -0.163. The third kappa shape index (κ3) is 6.17. The van der Waals surface area contributed by atoms with E-state index < -0.39 is 33.9 Å². The van der Waals surface area contributed by atoms with Gasteiger partial charge in [0.1, 0.15) is 5.82 Å². The van der Waals surface area contributed by atoms with E-state index in [1.165, 1.54) is 28.3 Å². The molecule has 0 N–H and O–H groups in total. The Morgan fingerprint density at radius 3 is 2.39 bits per heavy atom. The van der Waals surface area contributed by atoms with Gasteiger partial charge in [-0.25, -0.2) is 12.8 Å². The molecule has 0 radical (unpaired) electrons. The number of hydrogen-bond acceptors (Lipinski definition) is 5. The second-order valence-electron chi connectivity index (χ2n) is 8.39. The first-order chi connectivity index (χ1) is 15.6. The van der Waals surface area contributed by atoms with Gasteiger partial charge in [-0.3, -0.25) is 9.59 Å². The Balaban J connectivity index is 1.52. The van der Waals surface area contributed by atoms with Crippen molar-refractivity contribution in [3.05, 3.63) is 65.5 Å². The van der Waals surface area contributed by atoms with Crippen LogP contribution in [-0.2, 0) is 30.9 Å². The number of benzene rings is 2. The normalized spacial score (nSPS) is 16.2. The number of ether oxygens (including phenoxy) is 1. The van der Waals surface area contributed by atoms with Crippen LogP contribution in [0.4, 0.5) is 4.39 Å². The number of esters is 1. The van der Waals surface area contributed by atoms with Gasteiger partial charge in [0.05, 0.1) is 10.8 Å². The van der Waals surface area contributed by atoms with E-state index in [2.05, 4.69) is 0 Å². The summed E-state index contributed by atoms with van der Waals surface area (Å²) in [5.41, 5.74) is 1.60. The summed E-state index contributed by atoms with van der Waals surface area (Å²) in [5, 5.41) is 0. The molecule has 1 unspecified atom stereocenters. The molecule has 7 nitrogen and oxygen atoms in total. The maximum absolute atomic E-state index is 13.4. The fourth-order valence-corrected chi connectivity index (χ4v) is 5.28. The fraction of sp³-hybridized carbons (Fsp3) is 0.417. The molecule has 2 aromatic rings. The first-order valence-corrected chi connectivity index (χ1v) is 12.3. The van der Waals surface area contributed by atoms with Crippen molar-refractivity contribution in [1.29, 1.82) is 0 Å². The van der Waals surface area contributed by atoms with Gasteiger partial charge in [-0.1, -0.05) is 29.8 Å². The first kappa shape index (κ1) is 24.9. The van der Waals surface area contributed by atoms with Crippen molar-refractivity contribution in [2.24, 2.45) is 5.92 Å². The van der Waals surface area contributed by atoms with E-state index in [0.29, 0.717) is 18.4 Å². The number of carbonyl (C=O) groups is 2. The molecular formula is C24H29FN2O5S. The maximum Gasteiger partial charge on any atom is 0.309 e. The zero-order valence-corrected chi connectivity index (χ0v) is 19.8. The third-order valence-electron chi connectivity index (χ3n) is 5.77. The average molecular weight is 477 g/mol. The average Bonchev–Trinajstić information content (AvgIpc) is 2.78. The van der Waals surface area contributed by atoms with Crippen LogP contribution in [0.2, 0.25) is 0 Å². The van der Waals surface area contributed by atoms with E-state index in [0.717, 1.165) is 5.56 Å². The standard InChI is InChI=1S/C24H29FN2O5S/c1-17-7-9-22(10-8-17)33(30,31)27-13-11-20(12-14-27)24(29)32-18(2)23(28)26(3)16-19-5-4-6-21(25)15-19/h4-10,15,18,20H,11-14,16H2,1-3H3. The van der Waals surface area contributed by atoms with Crippen LogP contribution in [-0.4, -0.2) is 55.7 Å². The third-order valence-corrected chi connectivity index (χ3v) is 7.68. The summed E-state index contributed by atoms with van der Waals surface area (Å²) in [6, 6.07) is 12.6. The van der Waals surface area contributed by atoms with Crippen LogP contribution in [0.25, 0.3) is 0 Å². The smallest absolute Gasteiger partial charge is 0.309 e. The Kier molecular flexibility index (Phi) is 7.86. The van der Waals surface area contributed by atoms with E-state index in [1.807, 2.05) is 6.92 Å². The summed E-state index contributed by atoms with van der Waals surface area (Å²) in [7, 11) is -2.05. The predicted octanol–water partition coefficient (Wildman–Crippen LogP) is 3.13. The Morgan fingerprint density at radius 2 is 1.79 bits per heavy atom. The maximum atomic E-state index is 13.4. The fourth-order valence-electron chi connectivity index (χ4n) is 3.81. The van der Waals surface area contributed by atoms with Gasteiger partial charge in [-0.15, -0.1) is 0 Å². The molecule has 178 valence electrons. The van der Waals surface area contributed by atoms with E-state index in [4.69, 9.17) is 4.74 Å². The second-order valence-corrected chi connectivity index (χ2v) is 10.3. The Hall–Kier alpha value is -2.78. The van der Waals surface area contributed by atoms with Crippen LogP contribution >= 0.6 is 0 Å². The molecule has 0 aromatic heterocycles. The van der Waals surface area contributed by atoms with Crippen LogP contribution in [0.15, 0.2) is 53.4 Å². The topological polar surface area (TPSA) is 84.0 Å². The summed E-state index contributed by atoms with van der Waals surface area (Å²) in [4.78, 5) is 26.8. The van der Waals surface area contributed by atoms with Crippen molar-refractivity contribution >= 4 is 21.9 Å². The SMILES string of the molecule is Cc1ccc(S(=O)(=O)N2CCC(C(=O)OC(C)C(=O)N(C)Cc3cccc(F)c3)CC2)cc1. The molecule has 3 rings (SSSR count). The predicted molar refractivity (Wildman–Crippen MR) is 121 cm³/mol. The number of nitrogens with zero attached hydrogens (tertiary/aromatic N) is 2. The van der Waals surface area contributed by atoms with Crippen LogP contribution in [0, 0.1) is 18.7 Å². The van der Waals surface area contributed by atoms with Gasteiger partial charge in [0.25, 0.3) is 5.91 Å². The highest BCUT2D eigenvalue weighted by Crippen LogP contribution is 2.25. The molecule has 1 aliphatic rings. The molecular weight excluding hydrogens is 447 g/mol. The molecule has 0 aliphatic carbocycles. The highest BCUT2D eigenvalue weighted by Gasteiger charge is 2.34. The largest absolute Gasteiger partial charge is 0.452 e. The van der Waals surface area contributed by atoms with Crippen molar-refractivity contribution in [1.82, 2.24) is 9.21 Å². The van der Waals surface area contributed by atoms with E-state index in [1.54, 1.807) is 43.4 Å². The Labute approximate surface area is 194 Å². The molecule has 1 saturated heterocycles. The van der Waals surface area contributed by atoms with E-state index in [-0.39, 0.29) is 30.3 Å². The van der Waals surface area contributed by atoms with Crippen molar-refractivity contribution < 1.29 is 27.1 Å². The van der Waals surface area contributed by atoms with Crippen molar-refractivity contribution in [2.45, 2.75) is 44.2 Å². The van der Waals surface area contributed by atoms with Crippen LogP contribution in [0.3, 0.4) is 0 Å². The lowest BCUT2D eigenvalue weighted by Gasteiger charge is -2.31. The molecule has 1 aliphatic heterocycles. The minimum Gasteiger partial charge on any atom is -0.452 e. The van der Waals surface area contributed by atoms with Crippen LogP contribution in [0.1, 0.15) is 30.9 Å². The lowest BCUT2D eigenvalue weighted by atomic mass is 9.98.